The topological polar surface area (TPSA) is 38.9 Å². The molecule has 0 bridgehead atoms. The minimum atomic E-state index is 0.582. The second-order valence-corrected chi connectivity index (χ2v) is 5.36. The van der Waals surface area contributed by atoms with Gasteiger partial charge in [0.2, 0.25) is 0 Å². The minimum Gasteiger partial charge on any atom is -0.383 e. The number of pyridine rings is 1. The SMILES string of the molecule is CC(C)[C@H](CC1CCC1)c1cccnc1N. The van der Waals surface area contributed by atoms with E-state index in [1.165, 1.54) is 31.2 Å². The molecule has 1 fully saturated rings. The summed E-state index contributed by atoms with van der Waals surface area (Å²) in [6.07, 6.45) is 7.29. The summed E-state index contributed by atoms with van der Waals surface area (Å²) in [5.41, 5.74) is 7.24. The van der Waals surface area contributed by atoms with Gasteiger partial charge in [0.1, 0.15) is 5.82 Å². The van der Waals surface area contributed by atoms with Crippen LogP contribution in [0.2, 0.25) is 0 Å². The fourth-order valence-electron chi connectivity index (χ4n) is 2.59. The third-order valence-electron chi connectivity index (χ3n) is 3.89. The van der Waals surface area contributed by atoms with Crippen molar-refractivity contribution in [1.82, 2.24) is 4.98 Å². The van der Waals surface area contributed by atoms with Crippen molar-refractivity contribution in [1.29, 1.82) is 0 Å². The zero-order chi connectivity index (χ0) is 11.5. The highest BCUT2D eigenvalue weighted by molar-refractivity contribution is 5.41. The monoisotopic (exact) mass is 218 g/mol. The van der Waals surface area contributed by atoms with Crippen molar-refractivity contribution in [2.24, 2.45) is 11.8 Å². The van der Waals surface area contributed by atoms with Crippen molar-refractivity contribution in [3.63, 3.8) is 0 Å². The highest BCUT2D eigenvalue weighted by Crippen LogP contribution is 2.40. The molecular formula is C14H22N2. The third-order valence-corrected chi connectivity index (χ3v) is 3.89. The molecule has 2 nitrogen and oxygen atoms in total. The number of nitrogens with zero attached hydrogens (tertiary/aromatic N) is 1. The normalized spacial score (nSPS) is 18.4. The Hall–Kier alpha value is -1.05. The van der Waals surface area contributed by atoms with Gasteiger partial charge in [0.25, 0.3) is 0 Å². The third kappa shape index (κ3) is 2.37. The van der Waals surface area contributed by atoms with E-state index in [-0.39, 0.29) is 0 Å². The number of hydrogen-bond acceptors (Lipinski definition) is 2. The van der Waals surface area contributed by atoms with Crippen LogP contribution in [0.5, 0.6) is 0 Å². The van der Waals surface area contributed by atoms with E-state index in [1.54, 1.807) is 6.20 Å². The quantitative estimate of drug-likeness (QED) is 0.838. The Balaban J connectivity index is 2.14. The van der Waals surface area contributed by atoms with E-state index in [9.17, 15) is 0 Å². The highest BCUT2D eigenvalue weighted by atomic mass is 14.8. The zero-order valence-electron chi connectivity index (χ0n) is 10.3. The van der Waals surface area contributed by atoms with Crippen LogP contribution in [0.1, 0.15) is 51.0 Å². The first-order valence-electron chi connectivity index (χ1n) is 6.39. The zero-order valence-corrected chi connectivity index (χ0v) is 10.3. The molecule has 1 aliphatic carbocycles. The number of rotatable bonds is 4. The predicted molar refractivity (Wildman–Crippen MR) is 68.2 cm³/mol. The van der Waals surface area contributed by atoms with Gasteiger partial charge in [-0.15, -0.1) is 0 Å². The average molecular weight is 218 g/mol. The van der Waals surface area contributed by atoms with Crippen LogP contribution in [0, 0.1) is 11.8 Å². The summed E-state index contributed by atoms with van der Waals surface area (Å²) in [6.45, 7) is 4.57. The van der Waals surface area contributed by atoms with Gasteiger partial charge >= 0.3 is 0 Å². The van der Waals surface area contributed by atoms with E-state index in [1.807, 2.05) is 6.07 Å². The van der Waals surface area contributed by atoms with Gasteiger partial charge in [-0.05, 0) is 35.8 Å². The van der Waals surface area contributed by atoms with Crippen molar-refractivity contribution in [2.75, 3.05) is 5.73 Å². The summed E-state index contributed by atoms with van der Waals surface area (Å²) in [7, 11) is 0. The van der Waals surface area contributed by atoms with Crippen LogP contribution in [-0.2, 0) is 0 Å². The Bertz CT molecular complexity index is 342. The van der Waals surface area contributed by atoms with Gasteiger partial charge in [-0.25, -0.2) is 4.98 Å². The molecule has 0 aromatic carbocycles. The molecular weight excluding hydrogens is 196 g/mol. The van der Waals surface area contributed by atoms with E-state index in [2.05, 4.69) is 24.9 Å². The molecule has 88 valence electrons. The van der Waals surface area contributed by atoms with Crippen LogP contribution < -0.4 is 5.73 Å². The van der Waals surface area contributed by atoms with Crippen molar-refractivity contribution in [3.05, 3.63) is 23.9 Å². The lowest BCUT2D eigenvalue weighted by Gasteiger charge is -2.32. The maximum atomic E-state index is 5.98. The van der Waals surface area contributed by atoms with Crippen LogP contribution in [0.15, 0.2) is 18.3 Å². The number of anilines is 1. The van der Waals surface area contributed by atoms with Crippen molar-refractivity contribution in [2.45, 2.75) is 45.4 Å². The van der Waals surface area contributed by atoms with Gasteiger partial charge < -0.3 is 5.73 Å². The summed E-state index contributed by atoms with van der Waals surface area (Å²) < 4.78 is 0. The Labute approximate surface area is 98.3 Å². The summed E-state index contributed by atoms with van der Waals surface area (Å²) >= 11 is 0. The van der Waals surface area contributed by atoms with Gasteiger partial charge in [0, 0.05) is 6.20 Å². The molecule has 1 saturated carbocycles. The smallest absolute Gasteiger partial charge is 0.126 e. The molecule has 0 saturated heterocycles. The Morgan fingerprint density at radius 3 is 2.69 bits per heavy atom. The molecule has 0 aliphatic heterocycles. The van der Waals surface area contributed by atoms with Gasteiger partial charge in [0.15, 0.2) is 0 Å². The molecule has 0 radical (unpaired) electrons. The largest absolute Gasteiger partial charge is 0.383 e. The van der Waals surface area contributed by atoms with Gasteiger partial charge in [0.05, 0.1) is 0 Å². The van der Waals surface area contributed by atoms with E-state index in [4.69, 9.17) is 5.73 Å². The Morgan fingerprint density at radius 2 is 2.19 bits per heavy atom. The molecule has 0 spiro atoms. The van der Waals surface area contributed by atoms with E-state index >= 15 is 0 Å². The first-order chi connectivity index (χ1) is 7.68. The molecule has 2 heteroatoms. The molecule has 1 atom stereocenters. The lowest BCUT2D eigenvalue weighted by atomic mass is 9.74. The van der Waals surface area contributed by atoms with Crippen LogP contribution >= 0.6 is 0 Å². The van der Waals surface area contributed by atoms with Crippen molar-refractivity contribution >= 4 is 5.82 Å². The summed E-state index contributed by atoms with van der Waals surface area (Å²) in [4.78, 5) is 4.21. The number of nitrogens with two attached hydrogens (primary N) is 1. The lowest BCUT2D eigenvalue weighted by molar-refractivity contribution is 0.255. The van der Waals surface area contributed by atoms with E-state index in [0.717, 1.165) is 11.7 Å². The van der Waals surface area contributed by atoms with E-state index in [0.29, 0.717) is 11.8 Å². The molecule has 1 aliphatic rings. The molecule has 16 heavy (non-hydrogen) atoms. The average Bonchev–Trinajstić information content (AvgIpc) is 2.18. The summed E-state index contributed by atoms with van der Waals surface area (Å²) in [5, 5.41) is 0. The highest BCUT2D eigenvalue weighted by Gasteiger charge is 2.26. The molecule has 0 unspecified atom stereocenters. The second-order valence-electron chi connectivity index (χ2n) is 5.36. The minimum absolute atomic E-state index is 0.582. The first-order valence-corrected chi connectivity index (χ1v) is 6.39. The molecule has 0 amide bonds. The van der Waals surface area contributed by atoms with Crippen LogP contribution in [-0.4, -0.2) is 4.98 Å². The summed E-state index contributed by atoms with van der Waals surface area (Å²) in [5.74, 6) is 2.87. The standard InChI is InChI=1S/C14H22N2/c1-10(2)13(9-11-5-3-6-11)12-7-4-8-16-14(12)15/h4,7-8,10-11,13H,3,5-6,9H2,1-2H3,(H2,15,16)/t13-/m0/s1. The molecule has 2 N–H and O–H groups in total. The maximum Gasteiger partial charge on any atom is 0.126 e. The number of aromatic nitrogens is 1. The molecule has 1 aromatic rings. The van der Waals surface area contributed by atoms with Crippen LogP contribution in [0.25, 0.3) is 0 Å². The van der Waals surface area contributed by atoms with Gasteiger partial charge in [-0.3, -0.25) is 0 Å². The summed E-state index contributed by atoms with van der Waals surface area (Å²) in [6, 6.07) is 4.15. The second kappa shape index (κ2) is 4.86. The molecule has 2 rings (SSSR count). The van der Waals surface area contributed by atoms with Crippen molar-refractivity contribution < 1.29 is 0 Å². The molecule has 1 aromatic heterocycles. The Kier molecular flexibility index (Phi) is 3.47. The lowest BCUT2D eigenvalue weighted by Crippen LogP contribution is -2.19. The fraction of sp³-hybridized carbons (Fsp3) is 0.643. The van der Waals surface area contributed by atoms with Crippen LogP contribution in [0.3, 0.4) is 0 Å². The van der Waals surface area contributed by atoms with Gasteiger partial charge in [-0.2, -0.15) is 0 Å². The Morgan fingerprint density at radius 1 is 1.44 bits per heavy atom. The van der Waals surface area contributed by atoms with Crippen molar-refractivity contribution in [3.8, 4) is 0 Å². The fourth-order valence-corrected chi connectivity index (χ4v) is 2.59. The number of hydrogen-bond donors (Lipinski definition) is 1. The first kappa shape index (κ1) is 11.4. The van der Waals surface area contributed by atoms with E-state index < -0.39 is 0 Å². The van der Waals surface area contributed by atoms with Gasteiger partial charge in [-0.1, -0.05) is 39.2 Å². The number of nitrogen functional groups attached to an aromatic ring is 1. The van der Waals surface area contributed by atoms with Crippen LogP contribution in [0.4, 0.5) is 5.82 Å². The predicted octanol–water partition coefficient (Wildman–Crippen LogP) is 3.59. The maximum absolute atomic E-state index is 5.98. The molecule has 1 heterocycles.